The van der Waals surface area contributed by atoms with Crippen LogP contribution in [-0.2, 0) is 16.0 Å². The highest BCUT2D eigenvalue weighted by molar-refractivity contribution is 7.99. The smallest absolute Gasteiger partial charge is 0.303 e. The number of carbonyl (C=O) groups is 1. The van der Waals surface area contributed by atoms with Crippen LogP contribution >= 0.6 is 11.8 Å². The van der Waals surface area contributed by atoms with Gasteiger partial charge in [-0.15, -0.1) is 0 Å². The first-order valence-corrected chi connectivity index (χ1v) is 11.0. The Hall–Kier alpha value is -1.26. The van der Waals surface area contributed by atoms with Crippen LogP contribution in [0.1, 0.15) is 44.1 Å². The van der Waals surface area contributed by atoms with Crippen molar-refractivity contribution in [2.45, 2.75) is 57.2 Å². The van der Waals surface area contributed by atoms with Crippen LogP contribution in [0.4, 0.5) is 0 Å². The van der Waals surface area contributed by atoms with Gasteiger partial charge in [-0.2, -0.15) is 11.8 Å². The third kappa shape index (κ3) is 5.62. The monoisotopic (exact) mass is 374 g/mol. The van der Waals surface area contributed by atoms with Gasteiger partial charge in [0.2, 0.25) is 0 Å². The molecule has 2 aliphatic rings. The maximum Gasteiger partial charge on any atom is 0.303 e. The molecule has 3 nitrogen and oxygen atoms in total. The first-order valence-electron chi connectivity index (χ1n) is 9.88. The maximum atomic E-state index is 10.5. The number of unbranched alkanes of at least 4 members (excludes halogenated alkanes) is 1. The Bertz CT molecular complexity index is 586. The van der Waals surface area contributed by atoms with Crippen molar-refractivity contribution in [3.63, 3.8) is 0 Å². The Morgan fingerprint density at radius 1 is 1.15 bits per heavy atom. The lowest BCUT2D eigenvalue weighted by Gasteiger charge is -2.27. The van der Waals surface area contributed by atoms with Crippen molar-refractivity contribution in [3.8, 4) is 0 Å². The van der Waals surface area contributed by atoms with Crippen LogP contribution in [0.2, 0.25) is 0 Å². The molecule has 2 heterocycles. The summed E-state index contributed by atoms with van der Waals surface area (Å²) >= 11 is 2.07. The number of aryl methyl sites for hydroxylation is 1. The van der Waals surface area contributed by atoms with Crippen molar-refractivity contribution in [1.82, 2.24) is 0 Å². The summed E-state index contributed by atoms with van der Waals surface area (Å²) in [6.07, 6.45) is 11.9. The molecule has 4 heteroatoms. The molecule has 3 rings (SSSR count). The Labute approximate surface area is 161 Å². The molecule has 4 atom stereocenters. The summed E-state index contributed by atoms with van der Waals surface area (Å²) in [6, 6.07) is 10.7. The second-order valence-electron chi connectivity index (χ2n) is 7.42. The number of fused-ring (bicyclic) bond motifs is 2. The molecule has 0 aliphatic carbocycles. The average molecular weight is 375 g/mol. The van der Waals surface area contributed by atoms with Gasteiger partial charge >= 0.3 is 5.97 Å². The maximum absolute atomic E-state index is 10.5. The molecule has 2 bridgehead atoms. The topological polar surface area (TPSA) is 46.5 Å². The Morgan fingerprint density at radius 2 is 1.92 bits per heavy atom. The highest BCUT2D eigenvalue weighted by Gasteiger charge is 2.47. The summed E-state index contributed by atoms with van der Waals surface area (Å²) in [5, 5.41) is 8.68. The number of thioether (sulfide) groups is 1. The van der Waals surface area contributed by atoms with E-state index in [0.717, 1.165) is 25.7 Å². The highest BCUT2D eigenvalue weighted by atomic mass is 32.2. The lowest BCUT2D eigenvalue weighted by Crippen LogP contribution is -2.28. The van der Waals surface area contributed by atoms with E-state index in [1.807, 2.05) is 0 Å². The summed E-state index contributed by atoms with van der Waals surface area (Å²) in [7, 11) is 0. The van der Waals surface area contributed by atoms with E-state index >= 15 is 0 Å². The molecule has 2 fully saturated rings. The van der Waals surface area contributed by atoms with E-state index in [1.165, 1.54) is 29.9 Å². The number of carboxylic acids is 1. The first kappa shape index (κ1) is 19.5. The molecule has 0 aromatic heterocycles. The van der Waals surface area contributed by atoms with Gasteiger partial charge in [-0.25, -0.2) is 0 Å². The lowest BCUT2D eigenvalue weighted by molar-refractivity contribution is -0.137. The van der Waals surface area contributed by atoms with E-state index in [4.69, 9.17) is 9.84 Å². The lowest BCUT2D eigenvalue weighted by atomic mass is 9.78. The van der Waals surface area contributed by atoms with Crippen molar-refractivity contribution in [2.24, 2.45) is 11.8 Å². The average Bonchev–Trinajstić information content (AvgIpc) is 3.24. The number of hydrogen-bond acceptors (Lipinski definition) is 3. The zero-order chi connectivity index (χ0) is 18.2. The molecule has 0 unspecified atom stereocenters. The number of rotatable bonds is 11. The Balaban J connectivity index is 1.39. The van der Waals surface area contributed by atoms with Crippen molar-refractivity contribution >= 4 is 17.7 Å². The molecule has 1 N–H and O–H groups in total. The van der Waals surface area contributed by atoms with Crippen LogP contribution in [0.3, 0.4) is 0 Å². The summed E-state index contributed by atoms with van der Waals surface area (Å²) in [4.78, 5) is 10.5. The molecular weight excluding hydrogens is 344 g/mol. The summed E-state index contributed by atoms with van der Waals surface area (Å²) in [6.45, 7) is 0. The number of benzene rings is 1. The zero-order valence-electron chi connectivity index (χ0n) is 15.4. The van der Waals surface area contributed by atoms with E-state index in [9.17, 15) is 4.79 Å². The van der Waals surface area contributed by atoms with Gasteiger partial charge in [-0.3, -0.25) is 4.79 Å². The van der Waals surface area contributed by atoms with Crippen molar-refractivity contribution in [2.75, 3.05) is 11.5 Å². The normalized spacial score (nSPS) is 27.4. The molecule has 2 saturated heterocycles. The quantitative estimate of drug-likeness (QED) is 0.439. The van der Waals surface area contributed by atoms with Crippen LogP contribution in [0.25, 0.3) is 0 Å². The minimum absolute atomic E-state index is 0.266. The van der Waals surface area contributed by atoms with Crippen LogP contribution in [0, 0.1) is 11.8 Å². The Morgan fingerprint density at radius 3 is 2.69 bits per heavy atom. The fourth-order valence-electron chi connectivity index (χ4n) is 4.22. The largest absolute Gasteiger partial charge is 0.481 e. The molecule has 0 saturated carbocycles. The third-order valence-corrected chi connectivity index (χ3v) is 6.73. The van der Waals surface area contributed by atoms with Crippen molar-refractivity contribution < 1.29 is 14.6 Å². The molecule has 1 aromatic rings. The number of allylic oxidation sites excluding steroid dienone is 2. The number of ether oxygens (including phenoxy) is 1. The van der Waals surface area contributed by atoms with Crippen LogP contribution in [0.5, 0.6) is 0 Å². The van der Waals surface area contributed by atoms with Crippen LogP contribution in [0.15, 0.2) is 42.5 Å². The molecule has 0 radical (unpaired) electrons. The van der Waals surface area contributed by atoms with Gasteiger partial charge in [0.25, 0.3) is 0 Å². The Kier molecular flexibility index (Phi) is 7.63. The van der Waals surface area contributed by atoms with Crippen LogP contribution < -0.4 is 0 Å². The van der Waals surface area contributed by atoms with Crippen LogP contribution in [-0.4, -0.2) is 34.8 Å². The predicted molar refractivity (Wildman–Crippen MR) is 108 cm³/mol. The van der Waals surface area contributed by atoms with E-state index in [0.29, 0.717) is 24.0 Å². The summed E-state index contributed by atoms with van der Waals surface area (Å²) in [5.74, 6) is 3.00. The third-order valence-electron chi connectivity index (χ3n) is 5.61. The molecule has 1 aromatic carbocycles. The minimum Gasteiger partial charge on any atom is -0.481 e. The SMILES string of the molecule is O=C(O)CCCC=CC[C@@H]1[C@@H](CSCCc2ccccc2)[C@@H]2CC[C@H]1O2. The molecule has 0 spiro atoms. The molecule has 2 aliphatic heterocycles. The summed E-state index contributed by atoms with van der Waals surface area (Å²) in [5.41, 5.74) is 1.42. The fourth-order valence-corrected chi connectivity index (χ4v) is 5.51. The van der Waals surface area contributed by atoms with Gasteiger partial charge in [-0.05, 0) is 67.4 Å². The van der Waals surface area contributed by atoms with Gasteiger partial charge in [0.05, 0.1) is 12.2 Å². The second-order valence-corrected chi connectivity index (χ2v) is 8.57. The molecular formula is C22H30O3S. The van der Waals surface area contributed by atoms with Crippen molar-refractivity contribution in [3.05, 3.63) is 48.0 Å². The van der Waals surface area contributed by atoms with E-state index in [1.54, 1.807) is 0 Å². The van der Waals surface area contributed by atoms with Gasteiger partial charge in [0.15, 0.2) is 0 Å². The standard InChI is InChI=1S/C22H30O3S/c23-22(24)11-7-2-1-6-10-18-19(21-13-12-20(18)25-21)16-26-15-14-17-8-4-3-5-9-17/h1,3-6,8-9,18-21H,2,7,10-16H2,(H,23,24)/t18-,19-,20-,21+/m1/s1. The van der Waals surface area contributed by atoms with Gasteiger partial charge in [0, 0.05) is 6.42 Å². The second kappa shape index (κ2) is 10.2. The minimum atomic E-state index is -0.701. The van der Waals surface area contributed by atoms with E-state index < -0.39 is 5.97 Å². The fraction of sp³-hybridized carbons (Fsp3) is 0.591. The zero-order valence-corrected chi connectivity index (χ0v) is 16.2. The summed E-state index contributed by atoms with van der Waals surface area (Å²) < 4.78 is 6.20. The number of hydrogen-bond donors (Lipinski definition) is 1. The number of carboxylic acid groups (broad SMARTS) is 1. The van der Waals surface area contributed by atoms with E-state index in [2.05, 4.69) is 54.2 Å². The highest BCUT2D eigenvalue weighted by Crippen LogP contribution is 2.46. The molecule has 142 valence electrons. The molecule has 0 amide bonds. The van der Waals surface area contributed by atoms with Gasteiger partial charge in [0.1, 0.15) is 0 Å². The first-order chi connectivity index (χ1) is 12.7. The van der Waals surface area contributed by atoms with Gasteiger partial charge in [-0.1, -0.05) is 42.5 Å². The van der Waals surface area contributed by atoms with Crippen molar-refractivity contribution in [1.29, 1.82) is 0 Å². The molecule has 26 heavy (non-hydrogen) atoms. The number of aliphatic carboxylic acids is 1. The van der Waals surface area contributed by atoms with Gasteiger partial charge < -0.3 is 9.84 Å². The van der Waals surface area contributed by atoms with E-state index in [-0.39, 0.29) is 6.42 Å². The predicted octanol–water partition coefficient (Wildman–Crippen LogP) is 4.96.